The first-order valence-corrected chi connectivity index (χ1v) is 21.9. The molecule has 0 fully saturated rings. The molecule has 300 valence electrons. The number of unbranched alkanes of at least 4 members (excludes halogenated alkanes) is 2. The van der Waals surface area contributed by atoms with Gasteiger partial charge in [-0.25, -0.2) is 0 Å². The van der Waals surface area contributed by atoms with E-state index in [2.05, 4.69) is 81.4 Å². The number of carbonyl (C=O) groups excluding carboxylic acids is 2. The summed E-state index contributed by atoms with van der Waals surface area (Å²) in [5.74, 6) is 4.66. The Labute approximate surface area is 319 Å². The molecule has 0 saturated carbocycles. The topological polar surface area (TPSA) is 52.6 Å². The molecule has 0 unspecified atom stereocenters. The van der Waals surface area contributed by atoms with Gasteiger partial charge in [-0.15, -0.1) is 0 Å². The molecule has 51 heavy (non-hydrogen) atoms. The minimum absolute atomic E-state index is 0.147. The largest absolute Gasteiger partial charge is 0.461 e. The molecule has 0 aromatic carbocycles. The Bertz CT molecular complexity index is 828. The first kappa shape index (κ1) is 49.4. The third kappa shape index (κ3) is 35.2. The summed E-state index contributed by atoms with van der Waals surface area (Å²) in [6.45, 7) is 24.0. The number of esters is 2. The molecule has 0 radical (unpaired) electrons. The van der Waals surface area contributed by atoms with Crippen LogP contribution in [-0.4, -0.2) is 25.2 Å². The minimum Gasteiger partial charge on any atom is -0.461 e. The molecule has 0 heterocycles. The Morgan fingerprint density at radius 2 is 0.686 bits per heavy atom. The Hall–Kier alpha value is -1.58. The fraction of sp³-hybridized carbons (Fsp3) is 0.872. The maximum absolute atomic E-state index is 12.1. The molecule has 0 amide bonds. The maximum Gasteiger partial charge on any atom is 0.306 e. The number of hydrogen-bond donors (Lipinski definition) is 0. The molecule has 0 aliphatic heterocycles. The van der Waals surface area contributed by atoms with Crippen LogP contribution in [0.3, 0.4) is 0 Å². The molecule has 0 N–H and O–H groups in total. The van der Waals surface area contributed by atoms with E-state index < -0.39 is 0 Å². The molecule has 0 spiro atoms. The van der Waals surface area contributed by atoms with Crippen molar-refractivity contribution in [1.29, 1.82) is 0 Å². The quantitative estimate of drug-likeness (QED) is 0.0378. The summed E-state index contributed by atoms with van der Waals surface area (Å²) in [6.07, 6.45) is 30.8. The summed E-state index contributed by atoms with van der Waals surface area (Å²) < 4.78 is 10.9. The van der Waals surface area contributed by atoms with Gasteiger partial charge in [0.15, 0.2) is 0 Å². The van der Waals surface area contributed by atoms with Gasteiger partial charge in [-0.3, -0.25) is 9.59 Å². The van der Waals surface area contributed by atoms with Crippen molar-refractivity contribution in [1.82, 2.24) is 0 Å². The highest BCUT2D eigenvalue weighted by Crippen LogP contribution is 2.23. The summed E-state index contributed by atoms with van der Waals surface area (Å²) in [6, 6.07) is 0. The van der Waals surface area contributed by atoms with Crippen LogP contribution in [-0.2, 0) is 19.1 Å². The van der Waals surface area contributed by atoms with Crippen molar-refractivity contribution in [3.8, 4) is 0 Å². The predicted molar refractivity (Wildman–Crippen MR) is 222 cm³/mol. The third-order valence-electron chi connectivity index (χ3n) is 10.9. The normalized spacial score (nSPS) is 14.9. The van der Waals surface area contributed by atoms with Crippen LogP contribution in [0, 0.1) is 35.5 Å². The van der Waals surface area contributed by atoms with E-state index in [-0.39, 0.29) is 11.9 Å². The smallest absolute Gasteiger partial charge is 0.306 e. The highest BCUT2D eigenvalue weighted by Gasteiger charge is 2.09. The molecule has 0 bridgehead atoms. The van der Waals surface area contributed by atoms with Gasteiger partial charge in [0.05, 0.1) is 0 Å². The average Bonchev–Trinajstić information content (AvgIpc) is 3.04. The van der Waals surface area contributed by atoms with Crippen molar-refractivity contribution in [2.45, 2.75) is 217 Å². The van der Waals surface area contributed by atoms with Gasteiger partial charge in [0, 0.05) is 12.8 Å². The van der Waals surface area contributed by atoms with Gasteiger partial charge in [0.1, 0.15) is 13.2 Å². The Balaban J connectivity index is 3.80. The van der Waals surface area contributed by atoms with Gasteiger partial charge in [0.2, 0.25) is 0 Å². The Kier molecular flexibility index (Phi) is 32.0. The first-order valence-electron chi connectivity index (χ1n) is 21.9. The van der Waals surface area contributed by atoms with E-state index in [4.69, 9.17) is 9.47 Å². The lowest BCUT2D eigenvalue weighted by Crippen LogP contribution is -2.06. The van der Waals surface area contributed by atoms with Crippen LogP contribution >= 0.6 is 0 Å². The predicted octanol–water partition coefficient (Wildman–Crippen LogP) is 14.8. The Morgan fingerprint density at radius 1 is 0.392 bits per heavy atom. The van der Waals surface area contributed by atoms with E-state index in [1.165, 1.54) is 114 Å². The minimum atomic E-state index is -0.147. The SMILES string of the molecule is C/C(=C\COC(=O)CCCCCC(=O)OC/C=C(\C)CCC[C@H](C)CCC[C@H](C)CCCC(C)C)CCC[C@H](C)CCC[C@H](C)CCCC(C)C. The molecule has 0 aromatic heterocycles. The third-order valence-corrected chi connectivity index (χ3v) is 10.9. The van der Waals surface area contributed by atoms with Crippen molar-refractivity contribution in [3.63, 3.8) is 0 Å². The fourth-order valence-corrected chi connectivity index (χ4v) is 7.03. The van der Waals surface area contributed by atoms with Gasteiger partial charge < -0.3 is 9.47 Å². The van der Waals surface area contributed by atoms with Crippen LogP contribution in [0.4, 0.5) is 0 Å². The lowest BCUT2D eigenvalue weighted by molar-refractivity contribution is -0.142. The summed E-state index contributed by atoms with van der Waals surface area (Å²) in [5, 5.41) is 0. The molecule has 4 heteroatoms. The van der Waals surface area contributed by atoms with Gasteiger partial charge in [-0.1, -0.05) is 163 Å². The molecule has 0 aliphatic rings. The van der Waals surface area contributed by atoms with E-state index in [0.29, 0.717) is 26.1 Å². The van der Waals surface area contributed by atoms with Crippen LogP contribution < -0.4 is 0 Å². The van der Waals surface area contributed by atoms with E-state index >= 15 is 0 Å². The Morgan fingerprint density at radius 3 is 1.00 bits per heavy atom. The van der Waals surface area contributed by atoms with Crippen LogP contribution in [0.25, 0.3) is 0 Å². The molecular weight excluding hydrogens is 629 g/mol. The zero-order chi connectivity index (χ0) is 38.3. The van der Waals surface area contributed by atoms with Crippen molar-refractivity contribution in [2.75, 3.05) is 13.2 Å². The molecule has 4 atom stereocenters. The number of ether oxygens (including phenoxy) is 2. The lowest BCUT2D eigenvalue weighted by Gasteiger charge is -2.15. The van der Waals surface area contributed by atoms with Crippen molar-refractivity contribution in [2.24, 2.45) is 35.5 Å². The molecular formula is C47H88O4. The maximum atomic E-state index is 12.1. The van der Waals surface area contributed by atoms with Crippen molar-refractivity contribution in [3.05, 3.63) is 23.3 Å². The van der Waals surface area contributed by atoms with Crippen LogP contribution in [0.2, 0.25) is 0 Å². The van der Waals surface area contributed by atoms with Gasteiger partial charge in [0.25, 0.3) is 0 Å². The molecule has 0 aliphatic carbocycles. The van der Waals surface area contributed by atoms with Crippen LogP contribution in [0.15, 0.2) is 23.3 Å². The summed E-state index contributed by atoms with van der Waals surface area (Å²) >= 11 is 0. The van der Waals surface area contributed by atoms with Crippen LogP contribution in [0.1, 0.15) is 217 Å². The molecule has 0 aromatic rings. The highest BCUT2D eigenvalue weighted by molar-refractivity contribution is 5.70. The van der Waals surface area contributed by atoms with Gasteiger partial charge in [-0.2, -0.15) is 0 Å². The monoisotopic (exact) mass is 717 g/mol. The van der Waals surface area contributed by atoms with Crippen molar-refractivity contribution < 1.29 is 19.1 Å². The van der Waals surface area contributed by atoms with Crippen molar-refractivity contribution >= 4 is 11.9 Å². The number of carbonyl (C=O) groups is 2. The first-order chi connectivity index (χ1) is 24.3. The summed E-state index contributed by atoms with van der Waals surface area (Å²) in [4.78, 5) is 24.3. The highest BCUT2D eigenvalue weighted by atomic mass is 16.5. The summed E-state index contributed by atoms with van der Waals surface area (Å²) in [7, 11) is 0. The zero-order valence-corrected chi connectivity index (χ0v) is 35.9. The van der Waals surface area contributed by atoms with Crippen LogP contribution in [0.5, 0.6) is 0 Å². The standard InChI is InChI=1S/C47H88O4/c1-38(2)20-14-22-40(5)24-16-26-42(7)28-18-30-44(9)34-36-50-46(48)32-12-11-13-33-47(49)51-37-35-45(10)31-19-29-43(8)27-17-25-41(6)23-15-21-39(3)4/h34-35,38-43H,11-33,36-37H2,1-10H3/b44-34+,45-35+/t40-,41-,42-,43-/m1/s1. The molecule has 0 rings (SSSR count). The van der Waals surface area contributed by atoms with E-state index in [1.54, 1.807) is 0 Å². The second-order valence-electron chi connectivity index (χ2n) is 17.7. The van der Waals surface area contributed by atoms with Gasteiger partial charge in [-0.05, 0) is 100 Å². The second kappa shape index (κ2) is 33.0. The number of rotatable bonds is 34. The number of hydrogen-bond acceptors (Lipinski definition) is 4. The molecule has 0 saturated heterocycles. The lowest BCUT2D eigenvalue weighted by atomic mass is 9.91. The zero-order valence-electron chi connectivity index (χ0n) is 35.9. The molecule has 4 nitrogen and oxygen atoms in total. The van der Waals surface area contributed by atoms with E-state index in [0.717, 1.165) is 67.6 Å². The summed E-state index contributed by atoms with van der Waals surface area (Å²) in [5.41, 5.74) is 2.62. The van der Waals surface area contributed by atoms with E-state index in [1.807, 2.05) is 0 Å². The van der Waals surface area contributed by atoms with Gasteiger partial charge >= 0.3 is 11.9 Å². The second-order valence-corrected chi connectivity index (χ2v) is 17.7. The fourth-order valence-electron chi connectivity index (χ4n) is 7.03. The van der Waals surface area contributed by atoms with E-state index in [9.17, 15) is 9.59 Å². The number of allylic oxidation sites excluding steroid dienone is 2. The average molecular weight is 717 g/mol.